The van der Waals surface area contributed by atoms with Gasteiger partial charge in [0.25, 0.3) is 0 Å². The predicted molar refractivity (Wildman–Crippen MR) is 62.4 cm³/mol. The van der Waals surface area contributed by atoms with Gasteiger partial charge in [-0.05, 0) is 30.6 Å². The Morgan fingerprint density at radius 2 is 2.08 bits per heavy atom. The Kier molecular flexibility index (Phi) is 4.60. The van der Waals surface area contributed by atoms with Gasteiger partial charge in [0, 0.05) is 11.3 Å². The molecular formula is C11H23NS. The third-order valence-corrected chi connectivity index (χ3v) is 4.46. The van der Waals surface area contributed by atoms with E-state index in [9.17, 15) is 0 Å². The van der Waals surface area contributed by atoms with Crippen molar-refractivity contribution in [2.75, 3.05) is 6.54 Å². The van der Waals surface area contributed by atoms with Crippen LogP contribution >= 0.6 is 11.8 Å². The number of rotatable bonds is 4. The quantitative estimate of drug-likeness (QED) is 0.750. The molecule has 1 N–H and O–H groups in total. The summed E-state index contributed by atoms with van der Waals surface area (Å²) in [6.07, 6.45) is 2.78. The van der Waals surface area contributed by atoms with Gasteiger partial charge in [-0.2, -0.15) is 11.8 Å². The lowest BCUT2D eigenvalue weighted by molar-refractivity contribution is 0.441. The minimum atomic E-state index is 0.779. The molecule has 1 aliphatic rings. The number of thioether (sulfide) groups is 1. The molecule has 0 spiro atoms. The van der Waals surface area contributed by atoms with E-state index >= 15 is 0 Å². The highest BCUT2D eigenvalue weighted by molar-refractivity contribution is 8.00. The molecule has 1 fully saturated rings. The lowest BCUT2D eigenvalue weighted by Gasteiger charge is -2.22. The zero-order valence-corrected chi connectivity index (χ0v) is 10.2. The van der Waals surface area contributed by atoms with E-state index < -0.39 is 0 Å². The van der Waals surface area contributed by atoms with Crippen molar-refractivity contribution in [2.45, 2.75) is 57.1 Å². The van der Waals surface area contributed by atoms with Crippen LogP contribution < -0.4 is 5.32 Å². The van der Waals surface area contributed by atoms with Gasteiger partial charge in [-0.1, -0.05) is 27.7 Å². The van der Waals surface area contributed by atoms with Crippen molar-refractivity contribution in [3.8, 4) is 0 Å². The fourth-order valence-corrected chi connectivity index (χ4v) is 3.63. The van der Waals surface area contributed by atoms with Crippen molar-refractivity contribution in [1.29, 1.82) is 0 Å². The topological polar surface area (TPSA) is 12.0 Å². The van der Waals surface area contributed by atoms with Gasteiger partial charge in [0.15, 0.2) is 0 Å². The van der Waals surface area contributed by atoms with Crippen LogP contribution in [0.1, 0.15) is 40.5 Å². The van der Waals surface area contributed by atoms with Crippen LogP contribution in [-0.4, -0.2) is 23.1 Å². The Morgan fingerprint density at radius 3 is 2.62 bits per heavy atom. The SMILES string of the molecule is CCNC1CCC(SC(C)C)C1C. The Morgan fingerprint density at radius 1 is 1.38 bits per heavy atom. The van der Waals surface area contributed by atoms with Gasteiger partial charge < -0.3 is 5.32 Å². The van der Waals surface area contributed by atoms with Crippen LogP contribution in [-0.2, 0) is 0 Å². The van der Waals surface area contributed by atoms with E-state index in [-0.39, 0.29) is 0 Å². The van der Waals surface area contributed by atoms with Gasteiger partial charge in [0.1, 0.15) is 0 Å². The molecule has 0 heterocycles. The van der Waals surface area contributed by atoms with Crippen LogP contribution in [0, 0.1) is 5.92 Å². The van der Waals surface area contributed by atoms with Gasteiger partial charge in [-0.15, -0.1) is 0 Å². The standard InChI is InChI=1S/C11H23NS/c1-5-12-10-6-7-11(9(10)4)13-8(2)3/h8-12H,5-7H2,1-4H3. The summed E-state index contributed by atoms with van der Waals surface area (Å²) in [6, 6.07) is 0.779. The Labute approximate surface area is 87.1 Å². The van der Waals surface area contributed by atoms with Crippen molar-refractivity contribution in [2.24, 2.45) is 5.92 Å². The first-order chi connectivity index (χ1) is 6.15. The van der Waals surface area contributed by atoms with Crippen LogP contribution in [0.4, 0.5) is 0 Å². The van der Waals surface area contributed by atoms with Gasteiger partial charge >= 0.3 is 0 Å². The molecule has 78 valence electrons. The molecule has 0 aromatic heterocycles. The molecule has 0 aromatic carbocycles. The van der Waals surface area contributed by atoms with Gasteiger partial charge in [0.05, 0.1) is 0 Å². The Hall–Kier alpha value is 0.310. The molecular weight excluding hydrogens is 178 g/mol. The summed E-state index contributed by atoms with van der Waals surface area (Å²) in [5.41, 5.74) is 0. The monoisotopic (exact) mass is 201 g/mol. The normalized spacial score (nSPS) is 34.4. The highest BCUT2D eigenvalue weighted by Crippen LogP contribution is 2.36. The van der Waals surface area contributed by atoms with Crippen LogP contribution in [0.15, 0.2) is 0 Å². The lowest BCUT2D eigenvalue weighted by Crippen LogP contribution is -2.33. The molecule has 0 aromatic rings. The number of nitrogens with one attached hydrogen (secondary N) is 1. The average Bonchev–Trinajstić information content (AvgIpc) is 2.36. The maximum Gasteiger partial charge on any atom is 0.0103 e. The zero-order valence-electron chi connectivity index (χ0n) is 9.34. The van der Waals surface area contributed by atoms with Crippen molar-refractivity contribution < 1.29 is 0 Å². The molecule has 0 radical (unpaired) electrons. The van der Waals surface area contributed by atoms with Crippen LogP contribution in [0.3, 0.4) is 0 Å². The molecule has 0 aliphatic heterocycles. The first kappa shape index (κ1) is 11.4. The fourth-order valence-electron chi connectivity index (χ4n) is 2.22. The molecule has 1 nitrogen and oxygen atoms in total. The maximum atomic E-state index is 3.58. The van der Waals surface area contributed by atoms with Crippen molar-refractivity contribution in [3.63, 3.8) is 0 Å². The van der Waals surface area contributed by atoms with E-state index in [2.05, 4.69) is 44.8 Å². The van der Waals surface area contributed by atoms with E-state index in [4.69, 9.17) is 0 Å². The van der Waals surface area contributed by atoms with E-state index in [0.29, 0.717) is 0 Å². The summed E-state index contributed by atoms with van der Waals surface area (Å²) in [7, 11) is 0. The van der Waals surface area contributed by atoms with Crippen molar-refractivity contribution in [3.05, 3.63) is 0 Å². The van der Waals surface area contributed by atoms with E-state index in [0.717, 1.165) is 29.0 Å². The van der Waals surface area contributed by atoms with E-state index in [1.807, 2.05) is 0 Å². The highest BCUT2D eigenvalue weighted by atomic mass is 32.2. The number of hydrogen-bond donors (Lipinski definition) is 1. The predicted octanol–water partition coefficient (Wildman–Crippen LogP) is 2.90. The van der Waals surface area contributed by atoms with E-state index in [1.54, 1.807) is 0 Å². The molecule has 0 amide bonds. The fraction of sp³-hybridized carbons (Fsp3) is 1.00. The lowest BCUT2D eigenvalue weighted by atomic mass is 10.1. The molecule has 3 unspecified atom stereocenters. The molecule has 2 heteroatoms. The van der Waals surface area contributed by atoms with Crippen LogP contribution in [0.5, 0.6) is 0 Å². The maximum absolute atomic E-state index is 3.58. The van der Waals surface area contributed by atoms with E-state index in [1.165, 1.54) is 12.8 Å². The van der Waals surface area contributed by atoms with Crippen molar-refractivity contribution >= 4 is 11.8 Å². The van der Waals surface area contributed by atoms with Gasteiger partial charge in [-0.3, -0.25) is 0 Å². The summed E-state index contributed by atoms with van der Waals surface area (Å²) in [4.78, 5) is 0. The second-order valence-electron chi connectivity index (χ2n) is 4.32. The molecule has 3 atom stereocenters. The summed E-state index contributed by atoms with van der Waals surface area (Å²) >= 11 is 2.16. The largest absolute Gasteiger partial charge is 0.314 e. The third kappa shape index (κ3) is 3.17. The zero-order chi connectivity index (χ0) is 9.84. The summed E-state index contributed by atoms with van der Waals surface area (Å²) in [5.74, 6) is 0.854. The second-order valence-corrected chi connectivity index (χ2v) is 6.14. The first-order valence-electron chi connectivity index (χ1n) is 5.54. The molecule has 1 saturated carbocycles. The van der Waals surface area contributed by atoms with Gasteiger partial charge in [0.2, 0.25) is 0 Å². The summed E-state index contributed by atoms with van der Waals surface area (Å²) in [5, 5.41) is 5.26. The molecule has 0 saturated heterocycles. The molecule has 1 rings (SSSR count). The summed E-state index contributed by atoms with van der Waals surface area (Å²) < 4.78 is 0. The Balaban J connectivity index is 2.35. The smallest absolute Gasteiger partial charge is 0.0103 e. The van der Waals surface area contributed by atoms with Crippen LogP contribution in [0.25, 0.3) is 0 Å². The first-order valence-corrected chi connectivity index (χ1v) is 6.48. The van der Waals surface area contributed by atoms with Crippen LogP contribution in [0.2, 0.25) is 0 Å². The highest BCUT2D eigenvalue weighted by Gasteiger charge is 2.32. The molecule has 0 bridgehead atoms. The van der Waals surface area contributed by atoms with Crippen molar-refractivity contribution in [1.82, 2.24) is 5.32 Å². The molecule has 1 aliphatic carbocycles. The molecule has 13 heavy (non-hydrogen) atoms. The number of hydrogen-bond acceptors (Lipinski definition) is 2. The summed E-state index contributed by atoms with van der Waals surface area (Å²) in [6.45, 7) is 10.3. The minimum absolute atomic E-state index is 0.779. The Bertz CT molecular complexity index is 147. The van der Waals surface area contributed by atoms with Gasteiger partial charge in [-0.25, -0.2) is 0 Å². The minimum Gasteiger partial charge on any atom is -0.314 e. The second kappa shape index (κ2) is 5.26. The third-order valence-electron chi connectivity index (χ3n) is 2.90. The average molecular weight is 201 g/mol.